The van der Waals surface area contributed by atoms with Gasteiger partial charge in [-0.15, -0.1) is 10.2 Å². The summed E-state index contributed by atoms with van der Waals surface area (Å²) >= 11 is 1.75. The molecule has 0 saturated heterocycles. The van der Waals surface area contributed by atoms with Crippen LogP contribution in [0, 0.1) is 0 Å². The van der Waals surface area contributed by atoms with E-state index >= 15 is 0 Å². The zero-order chi connectivity index (χ0) is 18.6. The zero-order valence-corrected chi connectivity index (χ0v) is 15.7. The molecule has 4 rings (SSSR count). The van der Waals surface area contributed by atoms with Crippen molar-refractivity contribution in [3.63, 3.8) is 0 Å². The first-order chi connectivity index (χ1) is 13.2. The predicted molar refractivity (Wildman–Crippen MR) is 102 cm³/mol. The van der Waals surface area contributed by atoms with Gasteiger partial charge in [0.25, 0.3) is 5.91 Å². The van der Waals surface area contributed by atoms with Crippen LogP contribution in [0.25, 0.3) is 11.3 Å². The quantitative estimate of drug-likeness (QED) is 0.668. The van der Waals surface area contributed by atoms with Crippen LogP contribution >= 0.6 is 11.8 Å². The molecule has 1 N–H and O–H groups in total. The SMILES string of the molecule is CSCCc1nnc(C2CC(NC(=O)c3cc(-c4ccccc4)no3)C2)o1. The Morgan fingerprint density at radius 3 is 2.85 bits per heavy atom. The van der Waals surface area contributed by atoms with Gasteiger partial charge >= 0.3 is 0 Å². The Kier molecular flexibility index (Phi) is 5.24. The van der Waals surface area contributed by atoms with Crippen molar-refractivity contribution in [2.75, 3.05) is 12.0 Å². The van der Waals surface area contributed by atoms with Crippen molar-refractivity contribution in [2.45, 2.75) is 31.2 Å². The fourth-order valence-corrected chi connectivity index (χ4v) is 3.42. The third-order valence-corrected chi connectivity index (χ3v) is 5.24. The summed E-state index contributed by atoms with van der Waals surface area (Å²) < 4.78 is 10.9. The Morgan fingerprint density at radius 1 is 1.26 bits per heavy atom. The lowest BCUT2D eigenvalue weighted by Crippen LogP contribution is -2.43. The molecule has 0 unspecified atom stereocenters. The van der Waals surface area contributed by atoms with Gasteiger partial charge in [-0.2, -0.15) is 11.8 Å². The maximum Gasteiger partial charge on any atom is 0.290 e. The molecule has 1 aliphatic carbocycles. The maximum atomic E-state index is 12.4. The van der Waals surface area contributed by atoms with Crippen molar-refractivity contribution < 1.29 is 13.7 Å². The molecule has 1 aliphatic rings. The smallest absolute Gasteiger partial charge is 0.290 e. The van der Waals surface area contributed by atoms with Crippen LogP contribution in [0.4, 0.5) is 0 Å². The number of nitrogens with one attached hydrogen (secondary N) is 1. The van der Waals surface area contributed by atoms with Crippen molar-refractivity contribution in [1.82, 2.24) is 20.7 Å². The number of amides is 1. The molecule has 0 radical (unpaired) electrons. The Labute approximate surface area is 160 Å². The van der Waals surface area contributed by atoms with Crippen molar-refractivity contribution in [3.05, 3.63) is 53.9 Å². The topological polar surface area (TPSA) is 94.1 Å². The average molecular weight is 384 g/mol. The molecule has 2 heterocycles. The van der Waals surface area contributed by atoms with Gasteiger partial charge in [0, 0.05) is 35.8 Å². The highest BCUT2D eigenvalue weighted by Crippen LogP contribution is 2.36. The molecule has 1 saturated carbocycles. The lowest BCUT2D eigenvalue weighted by Gasteiger charge is -2.33. The summed E-state index contributed by atoms with van der Waals surface area (Å²) in [6.07, 6.45) is 4.41. The summed E-state index contributed by atoms with van der Waals surface area (Å²) in [4.78, 5) is 12.4. The van der Waals surface area contributed by atoms with Crippen LogP contribution < -0.4 is 5.32 Å². The second kappa shape index (κ2) is 7.96. The van der Waals surface area contributed by atoms with Crippen LogP contribution in [-0.4, -0.2) is 39.3 Å². The van der Waals surface area contributed by atoms with Gasteiger partial charge in [0.2, 0.25) is 17.5 Å². The van der Waals surface area contributed by atoms with Gasteiger partial charge in [-0.1, -0.05) is 35.5 Å². The van der Waals surface area contributed by atoms with E-state index in [2.05, 4.69) is 20.7 Å². The van der Waals surface area contributed by atoms with Gasteiger partial charge in [-0.25, -0.2) is 0 Å². The number of carbonyl (C=O) groups excluding carboxylic acids is 1. The van der Waals surface area contributed by atoms with E-state index < -0.39 is 0 Å². The van der Waals surface area contributed by atoms with Crippen LogP contribution in [0.5, 0.6) is 0 Å². The molecule has 27 heavy (non-hydrogen) atoms. The van der Waals surface area contributed by atoms with Crippen LogP contribution in [-0.2, 0) is 6.42 Å². The van der Waals surface area contributed by atoms with Crippen LogP contribution in [0.15, 0.2) is 45.3 Å². The van der Waals surface area contributed by atoms with Gasteiger partial charge in [0.05, 0.1) is 0 Å². The molecule has 0 aliphatic heterocycles. The number of benzene rings is 1. The first-order valence-corrected chi connectivity index (χ1v) is 10.3. The van der Waals surface area contributed by atoms with Crippen molar-refractivity contribution in [3.8, 4) is 11.3 Å². The third kappa shape index (κ3) is 4.05. The first-order valence-electron chi connectivity index (χ1n) is 8.87. The van der Waals surface area contributed by atoms with Crippen molar-refractivity contribution >= 4 is 17.7 Å². The van der Waals surface area contributed by atoms with E-state index in [1.165, 1.54) is 0 Å². The van der Waals surface area contributed by atoms with E-state index in [0.717, 1.165) is 30.6 Å². The minimum Gasteiger partial charge on any atom is -0.425 e. The molecular weight excluding hydrogens is 364 g/mol. The summed E-state index contributed by atoms with van der Waals surface area (Å²) in [6, 6.07) is 11.4. The summed E-state index contributed by atoms with van der Waals surface area (Å²) in [5.41, 5.74) is 1.56. The maximum absolute atomic E-state index is 12.4. The van der Waals surface area contributed by atoms with Gasteiger partial charge in [-0.3, -0.25) is 4.79 Å². The van der Waals surface area contributed by atoms with Gasteiger partial charge in [0.1, 0.15) is 5.69 Å². The Balaban J connectivity index is 1.29. The van der Waals surface area contributed by atoms with E-state index in [1.54, 1.807) is 17.8 Å². The van der Waals surface area contributed by atoms with Crippen LogP contribution in [0.1, 0.15) is 41.1 Å². The fourth-order valence-electron chi connectivity index (χ4n) is 3.04. The molecule has 0 spiro atoms. The molecule has 8 heteroatoms. The Hall–Kier alpha value is -2.61. The van der Waals surface area contributed by atoms with E-state index in [9.17, 15) is 4.79 Å². The molecule has 140 valence electrons. The Bertz CT molecular complexity index is 903. The summed E-state index contributed by atoms with van der Waals surface area (Å²) in [5.74, 6) is 2.49. The average Bonchev–Trinajstić information content (AvgIpc) is 3.33. The van der Waals surface area contributed by atoms with Crippen molar-refractivity contribution in [2.24, 2.45) is 0 Å². The number of hydrogen-bond acceptors (Lipinski definition) is 7. The van der Waals surface area contributed by atoms with E-state index in [-0.39, 0.29) is 23.6 Å². The highest BCUT2D eigenvalue weighted by atomic mass is 32.2. The highest BCUT2D eigenvalue weighted by molar-refractivity contribution is 7.98. The molecule has 1 fully saturated rings. The summed E-state index contributed by atoms with van der Waals surface area (Å²) in [6.45, 7) is 0. The molecule has 0 atom stereocenters. The fraction of sp³-hybridized carbons (Fsp3) is 0.368. The number of hydrogen-bond donors (Lipinski definition) is 1. The predicted octanol–water partition coefficient (Wildman–Crippen LogP) is 3.31. The second-order valence-corrected chi connectivity index (χ2v) is 7.54. The highest BCUT2D eigenvalue weighted by Gasteiger charge is 2.35. The van der Waals surface area contributed by atoms with E-state index in [1.807, 2.05) is 36.6 Å². The normalized spacial score (nSPS) is 18.9. The van der Waals surface area contributed by atoms with E-state index in [4.69, 9.17) is 8.94 Å². The standard InChI is InChI=1S/C19H20N4O3S/c1-27-8-7-17-21-22-19(25-17)13-9-14(10-13)20-18(24)16-11-15(23-26-16)12-5-3-2-4-6-12/h2-6,11,13-14H,7-10H2,1H3,(H,20,24). The van der Waals surface area contributed by atoms with Crippen molar-refractivity contribution in [1.29, 1.82) is 0 Å². The number of nitrogens with zero attached hydrogens (tertiary/aromatic N) is 3. The molecule has 7 nitrogen and oxygen atoms in total. The monoisotopic (exact) mass is 384 g/mol. The largest absolute Gasteiger partial charge is 0.425 e. The molecule has 0 bridgehead atoms. The first kappa shape index (κ1) is 17.8. The number of carbonyl (C=O) groups is 1. The summed E-state index contributed by atoms with van der Waals surface area (Å²) in [5, 5.41) is 15.2. The molecule has 1 amide bonds. The minimum atomic E-state index is -0.251. The number of aryl methyl sites for hydroxylation is 1. The number of rotatable bonds is 7. The van der Waals surface area contributed by atoms with Gasteiger partial charge in [-0.05, 0) is 19.1 Å². The molecule has 3 aromatic rings. The molecular formula is C19H20N4O3S. The number of aromatic nitrogens is 3. The van der Waals surface area contributed by atoms with E-state index in [0.29, 0.717) is 17.5 Å². The lowest BCUT2D eigenvalue weighted by atomic mass is 9.80. The lowest BCUT2D eigenvalue weighted by molar-refractivity contribution is 0.0865. The van der Waals surface area contributed by atoms with Gasteiger partial charge in [0.15, 0.2) is 0 Å². The van der Waals surface area contributed by atoms with Crippen LogP contribution in [0.2, 0.25) is 0 Å². The molecule has 1 aromatic carbocycles. The second-order valence-electron chi connectivity index (χ2n) is 6.56. The summed E-state index contributed by atoms with van der Waals surface area (Å²) in [7, 11) is 0. The zero-order valence-electron chi connectivity index (χ0n) is 14.9. The minimum absolute atomic E-state index is 0.0781. The Morgan fingerprint density at radius 2 is 2.07 bits per heavy atom. The third-order valence-electron chi connectivity index (χ3n) is 4.63. The number of thioether (sulfide) groups is 1. The van der Waals surface area contributed by atoms with Crippen LogP contribution in [0.3, 0.4) is 0 Å². The molecule has 2 aromatic heterocycles. The van der Waals surface area contributed by atoms with Gasteiger partial charge < -0.3 is 14.3 Å².